The summed E-state index contributed by atoms with van der Waals surface area (Å²) in [6.07, 6.45) is 0.854. The van der Waals surface area contributed by atoms with E-state index in [9.17, 15) is 9.59 Å². The highest BCUT2D eigenvalue weighted by molar-refractivity contribution is 5.97. The molecule has 2 heterocycles. The SMILES string of the molecule is CN(C)C(=O)c1cc2n(n1)CCCN(C)C2=O. The molecule has 0 saturated heterocycles. The standard InChI is InChI=1S/C11H16N4O2/c1-13(2)10(16)8-7-9-11(17)14(3)5-4-6-15(9)12-8/h7H,4-6H2,1-3H3. The van der Waals surface area contributed by atoms with Crippen LogP contribution in [0.15, 0.2) is 6.07 Å². The number of hydrogen-bond acceptors (Lipinski definition) is 3. The average Bonchev–Trinajstić information content (AvgIpc) is 2.65. The maximum absolute atomic E-state index is 12.0. The zero-order valence-corrected chi connectivity index (χ0v) is 10.3. The molecule has 0 aliphatic carbocycles. The molecule has 0 spiro atoms. The molecular weight excluding hydrogens is 220 g/mol. The molecule has 2 amide bonds. The molecule has 0 bridgehead atoms. The van der Waals surface area contributed by atoms with Gasteiger partial charge in [0.25, 0.3) is 11.8 Å². The monoisotopic (exact) mass is 236 g/mol. The lowest BCUT2D eigenvalue weighted by atomic mass is 10.3. The highest BCUT2D eigenvalue weighted by Crippen LogP contribution is 2.13. The lowest BCUT2D eigenvalue weighted by Gasteiger charge is -2.12. The predicted molar refractivity (Wildman–Crippen MR) is 61.8 cm³/mol. The number of rotatable bonds is 1. The van der Waals surface area contributed by atoms with E-state index in [0.717, 1.165) is 13.0 Å². The minimum Gasteiger partial charge on any atom is -0.343 e. The smallest absolute Gasteiger partial charge is 0.273 e. The molecule has 1 aliphatic rings. The van der Waals surface area contributed by atoms with Gasteiger partial charge in [0.1, 0.15) is 5.69 Å². The third-order valence-electron chi connectivity index (χ3n) is 2.83. The Balaban J connectivity index is 2.38. The maximum atomic E-state index is 12.0. The van der Waals surface area contributed by atoms with Gasteiger partial charge in [0.05, 0.1) is 0 Å². The first-order valence-electron chi connectivity index (χ1n) is 5.55. The number of fused-ring (bicyclic) bond motifs is 1. The molecule has 1 aromatic heterocycles. The predicted octanol–water partition coefficient (Wildman–Crippen LogP) is 0.0606. The molecule has 2 rings (SSSR count). The largest absolute Gasteiger partial charge is 0.343 e. The van der Waals surface area contributed by atoms with Crippen molar-refractivity contribution in [2.75, 3.05) is 27.7 Å². The molecule has 1 aromatic rings. The van der Waals surface area contributed by atoms with Crippen LogP contribution in [0.2, 0.25) is 0 Å². The van der Waals surface area contributed by atoms with Gasteiger partial charge in [0, 0.05) is 40.3 Å². The second-order valence-electron chi connectivity index (χ2n) is 4.42. The van der Waals surface area contributed by atoms with Crippen molar-refractivity contribution in [1.29, 1.82) is 0 Å². The Morgan fingerprint density at radius 1 is 1.41 bits per heavy atom. The fraction of sp³-hybridized carbons (Fsp3) is 0.545. The first kappa shape index (κ1) is 11.6. The third kappa shape index (κ3) is 2.02. The number of aryl methyl sites for hydroxylation is 1. The van der Waals surface area contributed by atoms with Crippen molar-refractivity contribution in [2.45, 2.75) is 13.0 Å². The Morgan fingerprint density at radius 3 is 2.76 bits per heavy atom. The van der Waals surface area contributed by atoms with Crippen molar-refractivity contribution in [2.24, 2.45) is 0 Å². The van der Waals surface area contributed by atoms with E-state index in [-0.39, 0.29) is 11.8 Å². The number of nitrogens with zero attached hydrogens (tertiary/aromatic N) is 4. The maximum Gasteiger partial charge on any atom is 0.273 e. The summed E-state index contributed by atoms with van der Waals surface area (Å²) in [5.74, 6) is -0.256. The summed E-state index contributed by atoms with van der Waals surface area (Å²) in [4.78, 5) is 26.9. The van der Waals surface area contributed by atoms with E-state index in [0.29, 0.717) is 17.9 Å². The minimum atomic E-state index is -0.180. The fourth-order valence-electron chi connectivity index (χ4n) is 1.85. The van der Waals surface area contributed by atoms with Crippen molar-refractivity contribution in [3.05, 3.63) is 17.5 Å². The van der Waals surface area contributed by atoms with Gasteiger partial charge in [-0.2, -0.15) is 5.10 Å². The molecule has 0 fully saturated rings. The van der Waals surface area contributed by atoms with Crippen molar-refractivity contribution < 1.29 is 9.59 Å². The van der Waals surface area contributed by atoms with E-state index in [1.165, 1.54) is 4.90 Å². The van der Waals surface area contributed by atoms with Crippen molar-refractivity contribution in [1.82, 2.24) is 19.6 Å². The summed E-state index contributed by atoms with van der Waals surface area (Å²) >= 11 is 0. The van der Waals surface area contributed by atoms with Gasteiger partial charge in [0.2, 0.25) is 0 Å². The van der Waals surface area contributed by atoms with Crippen LogP contribution in [-0.4, -0.2) is 59.1 Å². The van der Waals surface area contributed by atoms with Crippen LogP contribution in [0.5, 0.6) is 0 Å². The van der Waals surface area contributed by atoms with Gasteiger partial charge in [-0.25, -0.2) is 0 Å². The van der Waals surface area contributed by atoms with Gasteiger partial charge in [-0.15, -0.1) is 0 Å². The Morgan fingerprint density at radius 2 is 2.12 bits per heavy atom. The van der Waals surface area contributed by atoms with E-state index in [2.05, 4.69) is 5.10 Å². The number of carbonyl (C=O) groups excluding carboxylic acids is 2. The molecule has 17 heavy (non-hydrogen) atoms. The van der Waals surface area contributed by atoms with Crippen LogP contribution in [0, 0.1) is 0 Å². The van der Waals surface area contributed by atoms with Crippen molar-refractivity contribution >= 4 is 11.8 Å². The van der Waals surface area contributed by atoms with Crippen LogP contribution in [0.4, 0.5) is 0 Å². The van der Waals surface area contributed by atoms with E-state index in [1.54, 1.807) is 36.8 Å². The van der Waals surface area contributed by atoms with Gasteiger partial charge < -0.3 is 9.80 Å². The number of hydrogen-bond donors (Lipinski definition) is 0. The Labute approximate surface area is 99.8 Å². The summed E-state index contributed by atoms with van der Waals surface area (Å²) in [5.41, 5.74) is 0.823. The van der Waals surface area contributed by atoms with Crippen LogP contribution in [0.1, 0.15) is 27.4 Å². The molecule has 92 valence electrons. The molecule has 1 aliphatic heterocycles. The highest BCUT2D eigenvalue weighted by Gasteiger charge is 2.24. The van der Waals surface area contributed by atoms with E-state index in [4.69, 9.17) is 0 Å². The number of aromatic nitrogens is 2. The van der Waals surface area contributed by atoms with E-state index < -0.39 is 0 Å². The normalized spacial score (nSPS) is 15.5. The average molecular weight is 236 g/mol. The highest BCUT2D eigenvalue weighted by atomic mass is 16.2. The molecule has 0 saturated carbocycles. The molecule has 6 nitrogen and oxygen atoms in total. The lowest BCUT2D eigenvalue weighted by Crippen LogP contribution is -2.26. The van der Waals surface area contributed by atoms with E-state index in [1.807, 2.05) is 0 Å². The quantitative estimate of drug-likeness (QED) is 0.693. The van der Waals surface area contributed by atoms with Gasteiger partial charge in [-0.05, 0) is 6.42 Å². The summed E-state index contributed by atoms with van der Waals surface area (Å²) in [6, 6.07) is 1.58. The third-order valence-corrected chi connectivity index (χ3v) is 2.83. The van der Waals surface area contributed by atoms with Gasteiger partial charge >= 0.3 is 0 Å². The Bertz CT molecular complexity index is 464. The van der Waals surface area contributed by atoms with Crippen molar-refractivity contribution in [3.8, 4) is 0 Å². The summed E-state index contributed by atoms with van der Waals surface area (Å²) < 4.78 is 1.63. The number of amides is 2. The topological polar surface area (TPSA) is 58.4 Å². The zero-order chi connectivity index (χ0) is 12.6. The molecule has 6 heteroatoms. The molecule has 0 atom stereocenters. The van der Waals surface area contributed by atoms with Crippen LogP contribution in [0.25, 0.3) is 0 Å². The second kappa shape index (κ2) is 4.20. The zero-order valence-electron chi connectivity index (χ0n) is 10.3. The summed E-state index contributed by atoms with van der Waals surface area (Å²) in [7, 11) is 5.10. The van der Waals surface area contributed by atoms with Gasteiger partial charge in [0.15, 0.2) is 5.69 Å². The van der Waals surface area contributed by atoms with Crippen LogP contribution in [0.3, 0.4) is 0 Å². The molecule has 0 unspecified atom stereocenters. The molecule has 0 N–H and O–H groups in total. The first-order valence-corrected chi connectivity index (χ1v) is 5.55. The van der Waals surface area contributed by atoms with Crippen LogP contribution >= 0.6 is 0 Å². The van der Waals surface area contributed by atoms with Gasteiger partial charge in [-0.1, -0.05) is 0 Å². The Kier molecular flexibility index (Phi) is 2.87. The number of carbonyl (C=O) groups is 2. The van der Waals surface area contributed by atoms with Crippen LogP contribution in [-0.2, 0) is 6.54 Å². The first-order chi connectivity index (χ1) is 8.00. The minimum absolute atomic E-state index is 0.0761. The fourth-order valence-corrected chi connectivity index (χ4v) is 1.85. The summed E-state index contributed by atoms with van der Waals surface area (Å²) in [6.45, 7) is 1.39. The molecular formula is C11H16N4O2. The van der Waals surface area contributed by atoms with Crippen LogP contribution < -0.4 is 0 Å². The Hall–Kier alpha value is -1.85. The molecule has 0 radical (unpaired) electrons. The lowest BCUT2D eigenvalue weighted by molar-refractivity contribution is 0.0795. The second-order valence-corrected chi connectivity index (χ2v) is 4.42. The van der Waals surface area contributed by atoms with Crippen molar-refractivity contribution in [3.63, 3.8) is 0 Å². The molecule has 0 aromatic carbocycles. The van der Waals surface area contributed by atoms with Gasteiger partial charge in [-0.3, -0.25) is 14.3 Å². The van der Waals surface area contributed by atoms with E-state index >= 15 is 0 Å². The summed E-state index contributed by atoms with van der Waals surface area (Å²) in [5, 5.41) is 4.19.